The standard InChI is InChI=1S/C14H7NO3S.C10H9NO.C9H12N2O4S.C9H14N2O.C8H9NO5S.C7H9NO2.C7H9NO.ClH.2H2/c1-2-3-4-5-6-9-12-19(17,18)15-13-10-7-8-11-14(13)16;11-9-6-5-7-3-1-2-4-8(7)10(9)12;1-6(12)10-7-3-4-9(13)8(5-7)11-16(2,14)15;1-3-11(2)7-4-5-9(12)8(10)6-7;1-15(13,14)9-6-4-5(8(11)12)2-3-7(6)10;1-10-5-2-3-7(9)6(8)4-5;1-5-2-3-7(9)6(8)4-5;;;/h1,7-8,10-11,15-16H;1-6,12H,11H2;3-5,11,13H,1-2H3,(H,10,12);4-6,12H,3,10H2,1-2H3;2-4,9-10H,1H3,(H,11,12);2-4,9H,8H2,1H3;2-4,9H,8H2,1H3;3*1H. The Hall–Kier alpha value is -11.9. The van der Waals surface area contributed by atoms with Crippen LogP contribution in [-0.2, 0) is 34.9 Å². The number of sulfonamides is 3. The molecule has 0 saturated carbocycles. The Labute approximate surface area is 554 Å². The average Bonchev–Trinajstić information content (AvgIpc) is 0.890. The molecule has 0 aliphatic heterocycles. The number of hydrogen-bond acceptors (Lipinski definition) is 21. The number of ether oxygens (including phenoxy) is 1. The zero-order valence-electron chi connectivity index (χ0n) is 51.4. The molecule has 0 radical (unpaired) electrons. The van der Waals surface area contributed by atoms with Gasteiger partial charge in [0, 0.05) is 58.0 Å². The Morgan fingerprint density at radius 3 is 1.60 bits per heavy atom. The number of aryl methyl sites for hydroxylation is 1. The lowest BCUT2D eigenvalue weighted by Gasteiger charge is -2.17. The summed E-state index contributed by atoms with van der Waals surface area (Å²) in [4.78, 5) is 23.4. The number of carboxylic acid groups (broad SMARTS) is 1. The van der Waals surface area contributed by atoms with Crippen molar-refractivity contribution >= 4 is 116 Å². The van der Waals surface area contributed by atoms with Crippen LogP contribution in [0.25, 0.3) is 10.8 Å². The van der Waals surface area contributed by atoms with E-state index < -0.39 is 36.0 Å². The Morgan fingerprint density at radius 1 is 0.574 bits per heavy atom. The van der Waals surface area contributed by atoms with Crippen LogP contribution in [0.1, 0.15) is 32.6 Å². The highest BCUT2D eigenvalue weighted by atomic mass is 35.5. The van der Waals surface area contributed by atoms with Crippen LogP contribution in [0.4, 0.5) is 51.2 Å². The highest BCUT2D eigenvalue weighted by Crippen LogP contribution is 2.31. The fraction of sp³-hybridized carbons (Fsp3) is 0.125. The molecular weight excluding hydrogens is 1300 g/mol. The summed E-state index contributed by atoms with van der Waals surface area (Å²) < 4.78 is 77.8. The number of amides is 1. The number of para-hydroxylation sites is 2. The molecule has 502 valence electrons. The number of aromatic carboxylic acids is 1. The zero-order chi connectivity index (χ0) is 70.2. The van der Waals surface area contributed by atoms with E-state index in [-0.39, 0.29) is 84.0 Å². The first-order valence-electron chi connectivity index (χ1n) is 26.3. The van der Waals surface area contributed by atoms with Crippen molar-refractivity contribution in [2.24, 2.45) is 0 Å². The molecule has 0 aliphatic rings. The molecule has 0 fully saturated rings. The SMILES string of the molecule is C#CC#CC#CC#CS(=O)(=O)Nc1ccccc1O.CC(=O)Nc1ccc(O)c(NS(C)(=O)=O)c1.CCN(C)c1ccc(O)c(N)c1.COc1ccc(O)c(N)c1.CS(=O)(=O)Nc1cc(C(=O)O)ccc1O.Cc1ccc(O)c(N)c1.Cl.Nc1ccc2ccccc2c1O.[HH].[HH]. The third kappa shape index (κ3) is 30.6. The van der Waals surface area contributed by atoms with Crippen molar-refractivity contribution in [3.8, 4) is 93.2 Å². The smallest absolute Gasteiger partial charge is 0.335 e. The lowest BCUT2D eigenvalue weighted by molar-refractivity contribution is -0.114. The van der Waals surface area contributed by atoms with E-state index in [9.17, 15) is 55.3 Å². The van der Waals surface area contributed by atoms with E-state index in [4.69, 9.17) is 54.5 Å². The summed E-state index contributed by atoms with van der Waals surface area (Å²) in [6, 6.07) is 39.5. The van der Waals surface area contributed by atoms with Gasteiger partial charge >= 0.3 is 16.0 Å². The van der Waals surface area contributed by atoms with Gasteiger partial charge in [0.05, 0.1) is 70.2 Å². The molecule has 8 aromatic rings. The van der Waals surface area contributed by atoms with Crippen molar-refractivity contribution in [2.75, 3.05) is 80.5 Å². The lowest BCUT2D eigenvalue weighted by Crippen LogP contribution is -2.15. The summed E-state index contributed by atoms with van der Waals surface area (Å²) in [5.74, 6) is 12.1. The van der Waals surface area contributed by atoms with E-state index in [0.29, 0.717) is 34.2 Å². The number of methoxy groups -OCH3 is 1. The van der Waals surface area contributed by atoms with Crippen LogP contribution in [0.15, 0.2) is 152 Å². The average molecular weight is 1370 g/mol. The summed E-state index contributed by atoms with van der Waals surface area (Å²) in [5, 5.41) is 79.5. The highest BCUT2D eigenvalue weighted by molar-refractivity contribution is 7.97. The quantitative estimate of drug-likeness (QED) is 0.0249. The summed E-state index contributed by atoms with van der Waals surface area (Å²) >= 11 is 0. The Morgan fingerprint density at radius 2 is 1.07 bits per heavy atom. The second kappa shape index (κ2) is 38.6. The summed E-state index contributed by atoms with van der Waals surface area (Å²) in [6.45, 7) is 6.24. The number of hydrogen-bond donors (Lipinski definition) is 16. The number of carboxylic acids is 1. The summed E-state index contributed by atoms with van der Waals surface area (Å²) in [5.41, 5.74) is 25.7. The topological polar surface area (TPSA) is 463 Å². The molecule has 0 aliphatic carbocycles. The van der Waals surface area contributed by atoms with Gasteiger partial charge in [0.1, 0.15) is 46.0 Å². The Bertz CT molecular complexity index is 4530. The molecule has 8 aromatic carbocycles. The van der Waals surface area contributed by atoms with Crippen LogP contribution < -0.4 is 52.1 Å². The number of benzene rings is 8. The number of anilines is 9. The molecule has 0 spiro atoms. The van der Waals surface area contributed by atoms with Crippen molar-refractivity contribution in [2.45, 2.75) is 20.8 Å². The van der Waals surface area contributed by atoms with Gasteiger partial charge in [0.2, 0.25) is 26.0 Å². The monoisotopic (exact) mass is 1370 g/mol. The maximum Gasteiger partial charge on any atom is 0.335 e. The summed E-state index contributed by atoms with van der Waals surface area (Å²) in [6.07, 6.45) is 6.73. The zero-order valence-corrected chi connectivity index (χ0v) is 54.6. The van der Waals surface area contributed by atoms with E-state index in [1.165, 1.54) is 49.4 Å². The first-order chi connectivity index (χ1) is 43.5. The van der Waals surface area contributed by atoms with Crippen LogP contribution in [-0.4, -0.2) is 111 Å². The van der Waals surface area contributed by atoms with Crippen LogP contribution in [0.2, 0.25) is 0 Å². The molecule has 20 N–H and O–H groups in total. The second-order valence-electron chi connectivity index (χ2n) is 18.7. The predicted molar refractivity (Wildman–Crippen MR) is 377 cm³/mol. The normalized spacial score (nSPS) is 9.77. The van der Waals surface area contributed by atoms with Crippen LogP contribution >= 0.6 is 12.4 Å². The van der Waals surface area contributed by atoms with Crippen LogP contribution in [0, 0.1) is 54.1 Å². The van der Waals surface area contributed by atoms with Gasteiger partial charge in [-0.05, 0) is 146 Å². The largest absolute Gasteiger partial charge is 0.506 e. The van der Waals surface area contributed by atoms with E-state index in [0.717, 1.165) is 53.2 Å². The first kappa shape index (κ1) is 80.2. The van der Waals surface area contributed by atoms with Crippen LogP contribution in [0.3, 0.4) is 0 Å². The van der Waals surface area contributed by atoms with Gasteiger partial charge in [-0.25, -0.2) is 21.6 Å². The van der Waals surface area contributed by atoms with Gasteiger partial charge in [-0.1, -0.05) is 48.5 Å². The number of nitrogens with two attached hydrogens (primary N) is 4. The van der Waals surface area contributed by atoms with Crippen molar-refractivity contribution in [1.82, 2.24) is 0 Å². The van der Waals surface area contributed by atoms with Crippen molar-refractivity contribution in [3.63, 3.8) is 0 Å². The van der Waals surface area contributed by atoms with Crippen molar-refractivity contribution in [3.05, 3.63) is 163 Å². The van der Waals surface area contributed by atoms with Gasteiger partial charge in [0.15, 0.2) is 0 Å². The molecule has 0 saturated heterocycles. The van der Waals surface area contributed by atoms with Gasteiger partial charge in [-0.3, -0.25) is 19.0 Å². The number of aromatic hydroxyl groups is 7. The van der Waals surface area contributed by atoms with Crippen LogP contribution in [0.5, 0.6) is 46.0 Å². The minimum absolute atomic E-state index is 0. The number of nitrogen functional groups attached to an aromatic ring is 4. The first-order valence-corrected chi connectivity index (χ1v) is 31.6. The number of rotatable bonds is 11. The molecule has 30 heteroatoms. The molecule has 8 rings (SSSR count). The number of carbonyl (C=O) groups is 2. The predicted octanol–water partition coefficient (Wildman–Crippen LogP) is 8.66. The minimum atomic E-state index is -3.91. The van der Waals surface area contributed by atoms with E-state index in [1.807, 2.05) is 72.3 Å². The van der Waals surface area contributed by atoms with Crippen molar-refractivity contribution < 1.29 is 83.3 Å². The second-order valence-corrected chi connectivity index (χ2v) is 23.6. The third-order valence-corrected chi connectivity index (χ3v) is 13.1. The van der Waals surface area contributed by atoms with Crippen molar-refractivity contribution in [1.29, 1.82) is 0 Å². The third-order valence-electron chi connectivity index (χ3n) is 11.1. The van der Waals surface area contributed by atoms with Gasteiger partial charge in [-0.15, -0.1) is 18.8 Å². The number of nitrogens with one attached hydrogen (secondary N) is 4. The van der Waals surface area contributed by atoms with E-state index in [2.05, 4.69) is 56.2 Å². The molecule has 0 unspecified atom stereocenters. The molecule has 26 nitrogen and oxygen atoms in total. The van der Waals surface area contributed by atoms with Gasteiger partial charge in [0.25, 0.3) is 0 Å². The summed E-state index contributed by atoms with van der Waals surface area (Å²) in [7, 11) is -7.40. The molecule has 94 heavy (non-hydrogen) atoms. The molecule has 0 atom stereocenters. The number of nitrogens with zero attached hydrogens (tertiary/aromatic N) is 1. The number of phenols is 7. The lowest BCUT2D eigenvalue weighted by atomic mass is 10.1. The highest BCUT2D eigenvalue weighted by Gasteiger charge is 2.13. The number of fused-ring (bicyclic) bond motifs is 1. The van der Waals surface area contributed by atoms with E-state index in [1.54, 1.807) is 61.7 Å². The van der Waals surface area contributed by atoms with Gasteiger partial charge in [-0.2, -0.15) is 8.42 Å². The molecule has 1 amide bonds. The molecule has 0 aromatic heterocycles. The molecule has 0 heterocycles. The Balaban J connectivity index is 0. The minimum Gasteiger partial charge on any atom is -0.506 e. The molecule has 0 bridgehead atoms. The Kier molecular flexibility index (Phi) is 32.9. The number of terminal acetylenes is 1. The molecular formula is C64H74ClN9O17S3. The maximum absolute atomic E-state index is 11.5. The van der Waals surface area contributed by atoms with Gasteiger partial charge < -0.3 is 78.7 Å². The van der Waals surface area contributed by atoms with E-state index >= 15 is 0 Å². The fourth-order valence-corrected chi connectivity index (χ4v) is 8.39. The number of carbonyl (C=O) groups excluding carboxylic acids is 1. The number of phenolic OH excluding ortho intramolecular Hbond substituents is 7. The fourth-order valence-electron chi connectivity index (χ4n) is 6.57. The number of halogens is 1. The maximum atomic E-state index is 11.5.